The molecule has 1 aliphatic rings. The van der Waals surface area contributed by atoms with Crippen molar-refractivity contribution < 1.29 is 13.9 Å². The summed E-state index contributed by atoms with van der Waals surface area (Å²) in [5.41, 5.74) is 6.30. The normalized spacial score (nSPS) is 19.9. The molecule has 1 atom stereocenters. The van der Waals surface area contributed by atoms with Crippen molar-refractivity contribution in [3.63, 3.8) is 0 Å². The second kappa shape index (κ2) is 5.93. The number of benzene rings is 1. The molecular weight excluding hydrogens is 235 g/mol. The topological polar surface area (TPSA) is 55.6 Å². The van der Waals surface area contributed by atoms with Crippen LogP contribution in [-0.4, -0.2) is 43.2 Å². The van der Waals surface area contributed by atoms with Crippen LogP contribution >= 0.6 is 0 Å². The Balaban J connectivity index is 2.02. The number of carbonyl (C=O) groups is 1. The Bertz CT molecular complexity index is 425. The number of carbonyl (C=O) groups excluding carboxylic acids is 1. The van der Waals surface area contributed by atoms with Gasteiger partial charge in [0, 0.05) is 13.1 Å². The Morgan fingerprint density at radius 3 is 3.11 bits per heavy atom. The van der Waals surface area contributed by atoms with E-state index < -0.39 is 0 Å². The van der Waals surface area contributed by atoms with Crippen molar-refractivity contribution in [3.8, 4) is 0 Å². The molecule has 1 saturated heterocycles. The van der Waals surface area contributed by atoms with Gasteiger partial charge in [-0.15, -0.1) is 0 Å². The molecule has 18 heavy (non-hydrogen) atoms. The number of nitrogens with two attached hydrogens (primary N) is 1. The fourth-order valence-corrected chi connectivity index (χ4v) is 2.10. The predicted octanol–water partition coefficient (Wildman–Crippen LogP) is 0.554. The van der Waals surface area contributed by atoms with Crippen molar-refractivity contribution in [3.05, 3.63) is 35.6 Å². The van der Waals surface area contributed by atoms with E-state index in [-0.39, 0.29) is 24.2 Å². The summed E-state index contributed by atoms with van der Waals surface area (Å²) in [6.45, 7) is 1.95. The summed E-state index contributed by atoms with van der Waals surface area (Å²) in [4.78, 5) is 13.9. The second-order valence-corrected chi connectivity index (χ2v) is 4.36. The van der Waals surface area contributed by atoms with Crippen LogP contribution in [0.1, 0.15) is 5.56 Å². The van der Waals surface area contributed by atoms with Crippen molar-refractivity contribution in [2.45, 2.75) is 12.5 Å². The van der Waals surface area contributed by atoms with Crippen LogP contribution in [0.2, 0.25) is 0 Å². The molecular formula is C13H17FN2O2. The molecule has 0 spiro atoms. The molecule has 0 saturated carbocycles. The highest BCUT2D eigenvalue weighted by Gasteiger charge is 2.25. The molecule has 0 aromatic heterocycles. The van der Waals surface area contributed by atoms with E-state index in [0.29, 0.717) is 31.9 Å². The molecule has 1 amide bonds. The lowest BCUT2D eigenvalue weighted by atomic mass is 10.1. The van der Waals surface area contributed by atoms with Gasteiger partial charge in [0.25, 0.3) is 0 Å². The van der Waals surface area contributed by atoms with E-state index in [0.717, 1.165) is 0 Å². The van der Waals surface area contributed by atoms with Gasteiger partial charge in [0.1, 0.15) is 5.82 Å². The van der Waals surface area contributed by atoms with Gasteiger partial charge in [-0.1, -0.05) is 12.1 Å². The molecule has 1 aromatic carbocycles. The minimum atomic E-state index is -0.322. The van der Waals surface area contributed by atoms with Crippen LogP contribution in [0.3, 0.4) is 0 Å². The third-order valence-corrected chi connectivity index (χ3v) is 3.06. The molecule has 1 heterocycles. The van der Waals surface area contributed by atoms with Crippen LogP contribution < -0.4 is 5.73 Å². The zero-order valence-electron chi connectivity index (χ0n) is 10.1. The highest BCUT2D eigenvalue weighted by Crippen LogP contribution is 2.11. The average molecular weight is 252 g/mol. The molecule has 98 valence electrons. The molecule has 1 fully saturated rings. The Morgan fingerprint density at radius 2 is 2.39 bits per heavy atom. The molecule has 2 rings (SSSR count). The minimum Gasteiger partial charge on any atom is -0.377 e. The lowest BCUT2D eigenvalue weighted by Gasteiger charge is -2.35. The molecule has 4 nitrogen and oxygen atoms in total. The fourth-order valence-electron chi connectivity index (χ4n) is 2.10. The van der Waals surface area contributed by atoms with E-state index in [9.17, 15) is 9.18 Å². The van der Waals surface area contributed by atoms with Crippen molar-refractivity contribution in [2.24, 2.45) is 5.73 Å². The van der Waals surface area contributed by atoms with Gasteiger partial charge in [-0.25, -0.2) is 4.39 Å². The lowest BCUT2D eigenvalue weighted by molar-refractivity contribution is -0.138. The van der Waals surface area contributed by atoms with E-state index in [4.69, 9.17) is 10.5 Å². The van der Waals surface area contributed by atoms with Gasteiger partial charge >= 0.3 is 0 Å². The van der Waals surface area contributed by atoms with Crippen molar-refractivity contribution in [2.75, 3.05) is 26.3 Å². The Morgan fingerprint density at radius 1 is 1.56 bits per heavy atom. The van der Waals surface area contributed by atoms with E-state index in [2.05, 4.69) is 0 Å². The van der Waals surface area contributed by atoms with Crippen LogP contribution in [0.4, 0.5) is 4.39 Å². The molecule has 0 radical (unpaired) electrons. The summed E-state index contributed by atoms with van der Waals surface area (Å²) in [5.74, 6) is -0.350. The standard InChI is InChI=1S/C13H17FN2O2/c14-11-3-1-2-10(6-11)7-13(17)16-4-5-18-9-12(16)8-15/h1-3,6,12H,4-5,7-9,15H2. The maximum atomic E-state index is 13.0. The Hall–Kier alpha value is -1.46. The summed E-state index contributed by atoms with van der Waals surface area (Å²) in [7, 11) is 0. The van der Waals surface area contributed by atoms with Crippen LogP contribution in [0.25, 0.3) is 0 Å². The first-order chi connectivity index (χ1) is 8.70. The first kappa shape index (κ1) is 13.0. The maximum Gasteiger partial charge on any atom is 0.227 e. The maximum absolute atomic E-state index is 13.0. The highest BCUT2D eigenvalue weighted by molar-refractivity contribution is 5.79. The van der Waals surface area contributed by atoms with Crippen LogP contribution in [0, 0.1) is 5.82 Å². The molecule has 1 unspecified atom stereocenters. The molecule has 1 aliphatic heterocycles. The molecule has 0 aliphatic carbocycles. The van der Waals surface area contributed by atoms with E-state index in [1.54, 1.807) is 17.0 Å². The molecule has 5 heteroatoms. The number of morpholine rings is 1. The smallest absolute Gasteiger partial charge is 0.227 e. The van der Waals surface area contributed by atoms with Gasteiger partial charge in [0.15, 0.2) is 0 Å². The summed E-state index contributed by atoms with van der Waals surface area (Å²) in [6, 6.07) is 6.04. The zero-order chi connectivity index (χ0) is 13.0. The third kappa shape index (κ3) is 3.05. The number of hydrogen-bond donors (Lipinski definition) is 1. The Kier molecular flexibility index (Phi) is 4.28. The zero-order valence-corrected chi connectivity index (χ0v) is 10.1. The van der Waals surface area contributed by atoms with Crippen molar-refractivity contribution in [1.82, 2.24) is 4.90 Å². The first-order valence-electron chi connectivity index (χ1n) is 6.02. The quantitative estimate of drug-likeness (QED) is 0.855. The Labute approximate surface area is 106 Å². The molecule has 2 N–H and O–H groups in total. The largest absolute Gasteiger partial charge is 0.377 e. The number of amides is 1. The van der Waals surface area contributed by atoms with Gasteiger partial charge in [0.05, 0.1) is 25.7 Å². The molecule has 0 bridgehead atoms. The van der Waals surface area contributed by atoms with E-state index >= 15 is 0 Å². The minimum absolute atomic E-state index is 0.0284. The fraction of sp³-hybridized carbons (Fsp3) is 0.462. The number of rotatable bonds is 3. The highest BCUT2D eigenvalue weighted by atomic mass is 19.1. The lowest BCUT2D eigenvalue weighted by Crippen LogP contribution is -2.52. The second-order valence-electron chi connectivity index (χ2n) is 4.36. The predicted molar refractivity (Wildman–Crippen MR) is 65.5 cm³/mol. The first-order valence-corrected chi connectivity index (χ1v) is 6.02. The van der Waals surface area contributed by atoms with Gasteiger partial charge in [-0.3, -0.25) is 4.79 Å². The van der Waals surface area contributed by atoms with Crippen LogP contribution in [0.15, 0.2) is 24.3 Å². The summed E-state index contributed by atoms with van der Waals surface area (Å²) in [6.07, 6.45) is 0.203. The van der Waals surface area contributed by atoms with E-state index in [1.165, 1.54) is 12.1 Å². The summed E-state index contributed by atoms with van der Waals surface area (Å²) in [5, 5.41) is 0. The van der Waals surface area contributed by atoms with Gasteiger partial charge in [-0.05, 0) is 17.7 Å². The van der Waals surface area contributed by atoms with Crippen molar-refractivity contribution >= 4 is 5.91 Å². The average Bonchev–Trinajstić information content (AvgIpc) is 2.38. The van der Waals surface area contributed by atoms with Gasteiger partial charge in [-0.2, -0.15) is 0 Å². The summed E-state index contributed by atoms with van der Waals surface area (Å²) >= 11 is 0. The SMILES string of the molecule is NCC1COCCN1C(=O)Cc1cccc(F)c1. The number of hydrogen-bond acceptors (Lipinski definition) is 3. The number of ether oxygens (including phenoxy) is 1. The van der Waals surface area contributed by atoms with Gasteiger partial charge in [0.2, 0.25) is 5.91 Å². The monoisotopic (exact) mass is 252 g/mol. The van der Waals surface area contributed by atoms with Crippen LogP contribution in [-0.2, 0) is 16.0 Å². The third-order valence-electron chi connectivity index (χ3n) is 3.06. The number of halogens is 1. The van der Waals surface area contributed by atoms with Crippen LogP contribution in [0.5, 0.6) is 0 Å². The molecule has 1 aromatic rings. The van der Waals surface area contributed by atoms with Gasteiger partial charge < -0.3 is 15.4 Å². The number of nitrogens with zero attached hydrogens (tertiary/aromatic N) is 1. The van der Waals surface area contributed by atoms with Crippen molar-refractivity contribution in [1.29, 1.82) is 0 Å². The van der Waals surface area contributed by atoms with E-state index in [1.807, 2.05) is 0 Å². The summed E-state index contributed by atoms with van der Waals surface area (Å²) < 4.78 is 18.3.